The van der Waals surface area contributed by atoms with E-state index in [2.05, 4.69) is 85.5 Å². The number of hydrogen-bond acceptors (Lipinski definition) is 2. The Morgan fingerprint density at radius 1 is 0.778 bits per heavy atom. The highest BCUT2D eigenvalue weighted by Crippen LogP contribution is 2.25. The molecule has 0 N–H and O–H groups in total. The summed E-state index contributed by atoms with van der Waals surface area (Å²) in [5.74, 6) is 0. The van der Waals surface area contributed by atoms with E-state index >= 15 is 0 Å². The molecular formula is C14H8I2N2. The molecule has 0 bridgehead atoms. The van der Waals surface area contributed by atoms with Gasteiger partial charge in [-0.3, -0.25) is 4.98 Å². The summed E-state index contributed by atoms with van der Waals surface area (Å²) < 4.78 is 2.04. The monoisotopic (exact) mass is 458 g/mol. The van der Waals surface area contributed by atoms with E-state index in [1.54, 1.807) is 0 Å². The Labute approximate surface area is 132 Å². The second-order valence-electron chi connectivity index (χ2n) is 3.94. The average Bonchev–Trinajstić information content (AvgIpc) is 2.37. The normalized spacial score (nSPS) is 10.8. The molecule has 88 valence electrons. The van der Waals surface area contributed by atoms with Crippen molar-refractivity contribution < 1.29 is 0 Å². The SMILES string of the molecule is Ic1cc(-c2ccc3cnccc3c2)cc(I)n1. The van der Waals surface area contributed by atoms with Gasteiger partial charge >= 0.3 is 0 Å². The molecule has 0 aliphatic heterocycles. The van der Waals surface area contributed by atoms with Crippen LogP contribution in [-0.4, -0.2) is 9.97 Å². The van der Waals surface area contributed by atoms with Gasteiger partial charge in [-0.25, -0.2) is 4.98 Å². The summed E-state index contributed by atoms with van der Waals surface area (Å²) in [6.45, 7) is 0. The fourth-order valence-electron chi connectivity index (χ4n) is 1.89. The first-order valence-electron chi connectivity index (χ1n) is 5.39. The average molecular weight is 458 g/mol. The summed E-state index contributed by atoms with van der Waals surface area (Å²) in [6.07, 6.45) is 3.71. The van der Waals surface area contributed by atoms with Crippen LogP contribution in [0.15, 0.2) is 48.8 Å². The minimum absolute atomic E-state index is 1.02. The number of hydrogen-bond donors (Lipinski definition) is 0. The van der Waals surface area contributed by atoms with E-state index in [9.17, 15) is 0 Å². The van der Waals surface area contributed by atoms with E-state index < -0.39 is 0 Å². The number of nitrogens with zero attached hydrogens (tertiary/aromatic N) is 2. The molecule has 3 aromatic rings. The first kappa shape index (κ1) is 12.3. The number of aromatic nitrogens is 2. The molecule has 0 spiro atoms. The van der Waals surface area contributed by atoms with Crippen molar-refractivity contribution in [3.8, 4) is 11.1 Å². The summed E-state index contributed by atoms with van der Waals surface area (Å²) >= 11 is 4.50. The smallest absolute Gasteiger partial charge is 0.103 e. The van der Waals surface area contributed by atoms with Gasteiger partial charge in [0.15, 0.2) is 0 Å². The second-order valence-corrected chi connectivity index (χ2v) is 6.15. The summed E-state index contributed by atoms with van der Waals surface area (Å²) in [7, 11) is 0. The van der Waals surface area contributed by atoms with Crippen LogP contribution < -0.4 is 0 Å². The zero-order valence-electron chi connectivity index (χ0n) is 9.27. The predicted molar refractivity (Wildman–Crippen MR) is 90.4 cm³/mol. The molecule has 18 heavy (non-hydrogen) atoms. The molecule has 2 aromatic heterocycles. The molecule has 0 aliphatic rings. The fraction of sp³-hybridized carbons (Fsp3) is 0. The molecule has 3 rings (SSSR count). The van der Waals surface area contributed by atoms with Crippen molar-refractivity contribution >= 4 is 56.0 Å². The van der Waals surface area contributed by atoms with Gasteiger partial charge in [0, 0.05) is 17.8 Å². The van der Waals surface area contributed by atoms with Crippen LogP contribution in [0.3, 0.4) is 0 Å². The van der Waals surface area contributed by atoms with Gasteiger partial charge in [0.1, 0.15) is 7.40 Å². The molecule has 1 aromatic carbocycles. The highest BCUT2D eigenvalue weighted by molar-refractivity contribution is 14.1. The maximum atomic E-state index is 4.39. The first-order valence-corrected chi connectivity index (χ1v) is 7.55. The van der Waals surface area contributed by atoms with Crippen molar-refractivity contribution in [2.45, 2.75) is 0 Å². The molecule has 0 unspecified atom stereocenters. The number of fused-ring (bicyclic) bond motifs is 1. The third-order valence-corrected chi connectivity index (χ3v) is 3.84. The maximum Gasteiger partial charge on any atom is 0.103 e. The number of halogens is 2. The summed E-state index contributed by atoms with van der Waals surface area (Å²) in [5, 5.41) is 2.38. The Morgan fingerprint density at radius 2 is 1.56 bits per heavy atom. The van der Waals surface area contributed by atoms with Crippen molar-refractivity contribution in [2.24, 2.45) is 0 Å². The van der Waals surface area contributed by atoms with Crippen LogP contribution in [0.1, 0.15) is 0 Å². The molecule has 0 saturated heterocycles. The second kappa shape index (κ2) is 5.08. The van der Waals surface area contributed by atoms with E-state index in [1.165, 1.54) is 21.9 Å². The molecule has 0 amide bonds. The third-order valence-electron chi connectivity index (χ3n) is 2.74. The molecule has 2 heterocycles. The van der Waals surface area contributed by atoms with Crippen molar-refractivity contribution in [3.63, 3.8) is 0 Å². The summed E-state index contributed by atoms with van der Waals surface area (Å²) in [4.78, 5) is 8.52. The van der Waals surface area contributed by atoms with E-state index in [1.807, 2.05) is 18.5 Å². The van der Waals surface area contributed by atoms with Crippen LogP contribution in [0, 0.1) is 7.40 Å². The maximum absolute atomic E-state index is 4.39. The van der Waals surface area contributed by atoms with Gasteiger partial charge in [0.2, 0.25) is 0 Å². The van der Waals surface area contributed by atoms with Gasteiger partial charge in [0.25, 0.3) is 0 Å². The Kier molecular flexibility index (Phi) is 3.47. The van der Waals surface area contributed by atoms with E-state index in [0.717, 1.165) is 7.40 Å². The Hall–Kier alpha value is -0.760. The van der Waals surface area contributed by atoms with Gasteiger partial charge in [-0.15, -0.1) is 0 Å². The van der Waals surface area contributed by atoms with E-state index in [0.29, 0.717) is 0 Å². The van der Waals surface area contributed by atoms with Crippen LogP contribution in [0.5, 0.6) is 0 Å². The first-order chi connectivity index (χ1) is 8.72. The zero-order chi connectivity index (χ0) is 12.5. The quantitative estimate of drug-likeness (QED) is 0.397. The lowest BCUT2D eigenvalue weighted by atomic mass is 10.0. The highest BCUT2D eigenvalue weighted by Gasteiger charge is 2.03. The summed E-state index contributed by atoms with van der Waals surface area (Å²) in [5.41, 5.74) is 2.42. The van der Waals surface area contributed by atoms with Crippen LogP contribution in [0.25, 0.3) is 21.9 Å². The molecule has 0 aliphatic carbocycles. The number of pyridine rings is 2. The zero-order valence-corrected chi connectivity index (χ0v) is 13.6. The van der Waals surface area contributed by atoms with Crippen molar-refractivity contribution in [2.75, 3.05) is 0 Å². The number of benzene rings is 1. The predicted octanol–water partition coefficient (Wildman–Crippen LogP) is 4.51. The van der Waals surface area contributed by atoms with Crippen LogP contribution in [-0.2, 0) is 0 Å². The molecule has 0 radical (unpaired) electrons. The van der Waals surface area contributed by atoms with Gasteiger partial charge in [-0.1, -0.05) is 12.1 Å². The molecule has 4 heteroatoms. The van der Waals surface area contributed by atoms with Gasteiger partial charge < -0.3 is 0 Å². The van der Waals surface area contributed by atoms with Crippen molar-refractivity contribution in [3.05, 3.63) is 56.2 Å². The van der Waals surface area contributed by atoms with Crippen LogP contribution in [0.2, 0.25) is 0 Å². The minimum Gasteiger partial charge on any atom is -0.264 e. The van der Waals surface area contributed by atoms with Crippen LogP contribution >= 0.6 is 45.2 Å². The van der Waals surface area contributed by atoms with Crippen molar-refractivity contribution in [1.29, 1.82) is 0 Å². The molecule has 0 saturated carbocycles. The van der Waals surface area contributed by atoms with Gasteiger partial charge in [-0.2, -0.15) is 0 Å². The van der Waals surface area contributed by atoms with E-state index in [-0.39, 0.29) is 0 Å². The van der Waals surface area contributed by atoms with Crippen LogP contribution in [0.4, 0.5) is 0 Å². The number of rotatable bonds is 1. The summed E-state index contributed by atoms with van der Waals surface area (Å²) in [6, 6.07) is 12.7. The molecule has 0 atom stereocenters. The lowest BCUT2D eigenvalue weighted by Crippen LogP contribution is -1.88. The highest BCUT2D eigenvalue weighted by atomic mass is 127. The Balaban J connectivity index is 2.19. The Bertz CT molecular complexity index is 706. The standard InChI is InChI=1S/C14H8I2N2/c15-13-6-12(7-14(16)18-13)9-1-2-11-8-17-4-3-10(11)5-9/h1-8H. The van der Waals surface area contributed by atoms with Gasteiger partial charge in [-0.05, 0) is 86.0 Å². The Morgan fingerprint density at radius 3 is 2.33 bits per heavy atom. The topological polar surface area (TPSA) is 25.8 Å². The van der Waals surface area contributed by atoms with E-state index in [4.69, 9.17) is 0 Å². The lowest BCUT2D eigenvalue weighted by Gasteiger charge is -2.05. The third kappa shape index (κ3) is 2.49. The largest absolute Gasteiger partial charge is 0.264 e. The molecule has 2 nitrogen and oxygen atoms in total. The van der Waals surface area contributed by atoms with Gasteiger partial charge in [0.05, 0.1) is 0 Å². The minimum atomic E-state index is 1.02. The van der Waals surface area contributed by atoms with Crippen molar-refractivity contribution in [1.82, 2.24) is 9.97 Å². The molecule has 0 fully saturated rings. The lowest BCUT2D eigenvalue weighted by molar-refractivity contribution is 1.22. The molecular weight excluding hydrogens is 450 g/mol. The fourth-order valence-corrected chi connectivity index (χ4v) is 3.55.